The summed E-state index contributed by atoms with van der Waals surface area (Å²) in [5.41, 5.74) is 1.59. The Morgan fingerprint density at radius 1 is 1.04 bits per heavy atom. The summed E-state index contributed by atoms with van der Waals surface area (Å²) >= 11 is 0. The Kier molecular flexibility index (Phi) is 7.95. The van der Waals surface area contributed by atoms with Gasteiger partial charge in [-0.1, -0.05) is 43.3 Å². The molecule has 0 aromatic heterocycles. The van der Waals surface area contributed by atoms with Gasteiger partial charge in [-0.15, -0.1) is 0 Å². The van der Waals surface area contributed by atoms with Crippen LogP contribution in [0.3, 0.4) is 0 Å². The largest absolute Gasteiger partial charge is 0.354 e. The Balaban J connectivity index is 1.75. The lowest BCUT2D eigenvalue weighted by Gasteiger charge is -2.19. The third-order valence-electron chi connectivity index (χ3n) is 4.24. The molecule has 1 atom stereocenters. The van der Waals surface area contributed by atoms with Crippen molar-refractivity contribution < 1.29 is 14.0 Å². The summed E-state index contributed by atoms with van der Waals surface area (Å²) < 4.78 is 13.1. The summed E-state index contributed by atoms with van der Waals surface area (Å²) in [6.45, 7) is 2.80. The lowest BCUT2D eigenvalue weighted by Crippen LogP contribution is -2.40. The molecule has 0 aliphatic heterocycles. The molecule has 0 heterocycles. The van der Waals surface area contributed by atoms with E-state index in [1.54, 1.807) is 18.0 Å². The number of nitrogens with zero attached hydrogens (tertiary/aromatic N) is 1. The molecule has 0 saturated carbocycles. The molecule has 5 nitrogen and oxygen atoms in total. The van der Waals surface area contributed by atoms with E-state index in [9.17, 15) is 14.0 Å². The highest BCUT2D eigenvalue weighted by molar-refractivity contribution is 5.92. The molecule has 2 aromatic carbocycles. The Morgan fingerprint density at radius 3 is 2.41 bits per heavy atom. The summed E-state index contributed by atoms with van der Waals surface area (Å²) in [7, 11) is 1.69. The molecule has 0 radical (unpaired) electrons. The molecule has 144 valence electrons. The van der Waals surface area contributed by atoms with E-state index in [1.807, 2.05) is 18.2 Å². The average Bonchev–Trinajstić information content (AvgIpc) is 2.62. The van der Waals surface area contributed by atoms with Gasteiger partial charge in [-0.25, -0.2) is 4.39 Å². The fourth-order valence-corrected chi connectivity index (χ4v) is 2.83. The van der Waals surface area contributed by atoms with Crippen LogP contribution in [0.15, 0.2) is 54.6 Å². The van der Waals surface area contributed by atoms with E-state index < -0.39 is 5.82 Å². The third kappa shape index (κ3) is 7.19. The van der Waals surface area contributed by atoms with Gasteiger partial charge in [-0.05, 0) is 37.2 Å². The minimum atomic E-state index is -0.413. The number of carbonyl (C=O) groups excluding carboxylic acids is 2. The van der Waals surface area contributed by atoms with E-state index in [0.717, 1.165) is 6.42 Å². The molecular formula is C21H26FN3O2. The van der Waals surface area contributed by atoms with Crippen molar-refractivity contribution in [2.24, 2.45) is 0 Å². The second-order valence-corrected chi connectivity index (χ2v) is 6.55. The molecule has 0 aliphatic carbocycles. The fourth-order valence-electron chi connectivity index (χ4n) is 2.83. The molecule has 2 rings (SSSR count). The lowest BCUT2D eigenvalue weighted by molar-refractivity contribution is -0.123. The molecule has 0 unspecified atom stereocenters. The zero-order chi connectivity index (χ0) is 19.6. The van der Waals surface area contributed by atoms with Crippen molar-refractivity contribution in [1.29, 1.82) is 0 Å². The van der Waals surface area contributed by atoms with Gasteiger partial charge in [0.1, 0.15) is 5.82 Å². The number of anilines is 1. The molecule has 0 fully saturated rings. The first-order valence-corrected chi connectivity index (χ1v) is 9.03. The van der Waals surface area contributed by atoms with Gasteiger partial charge >= 0.3 is 0 Å². The predicted octanol–water partition coefficient (Wildman–Crippen LogP) is 3.01. The number of likely N-dealkylation sites (N-methyl/N-ethyl adjacent to an activating group) is 1. The second-order valence-electron chi connectivity index (χ2n) is 6.55. The Hall–Kier alpha value is -2.73. The maximum atomic E-state index is 13.1. The van der Waals surface area contributed by atoms with Crippen LogP contribution in [0.4, 0.5) is 10.1 Å². The Labute approximate surface area is 159 Å². The number of nitrogens with one attached hydrogen (secondary N) is 2. The molecule has 6 heteroatoms. The first-order valence-electron chi connectivity index (χ1n) is 9.03. The normalized spacial score (nSPS) is 11.9. The Morgan fingerprint density at radius 2 is 1.74 bits per heavy atom. The van der Waals surface area contributed by atoms with Gasteiger partial charge in [0.2, 0.25) is 11.8 Å². The van der Waals surface area contributed by atoms with E-state index in [1.165, 1.54) is 23.8 Å². The van der Waals surface area contributed by atoms with Gasteiger partial charge in [-0.3, -0.25) is 14.5 Å². The first kappa shape index (κ1) is 20.6. The number of rotatable bonds is 9. The van der Waals surface area contributed by atoms with Gasteiger partial charge in [0.15, 0.2) is 0 Å². The standard InChI is InChI=1S/C21H26FN3O2/c1-3-16(17-8-5-4-6-9-17)13-23-20(26)14-25(2)15-21(27)24-19-11-7-10-18(22)12-19/h4-12,16H,3,13-15H2,1-2H3,(H,23,26)(H,24,27)/t16-/m1/s1. The van der Waals surface area contributed by atoms with Crippen molar-refractivity contribution in [2.45, 2.75) is 19.3 Å². The van der Waals surface area contributed by atoms with Crippen molar-refractivity contribution in [3.63, 3.8) is 0 Å². The molecule has 0 saturated heterocycles. The molecular weight excluding hydrogens is 345 g/mol. The van der Waals surface area contributed by atoms with Crippen LogP contribution in [-0.4, -0.2) is 43.4 Å². The SMILES string of the molecule is CC[C@H](CNC(=O)CN(C)CC(=O)Nc1cccc(F)c1)c1ccccc1. The van der Waals surface area contributed by atoms with E-state index in [4.69, 9.17) is 0 Å². The summed E-state index contributed by atoms with van der Waals surface area (Å²) in [6, 6.07) is 15.8. The minimum Gasteiger partial charge on any atom is -0.354 e. The van der Waals surface area contributed by atoms with Crippen LogP contribution >= 0.6 is 0 Å². The maximum Gasteiger partial charge on any atom is 0.238 e. The lowest BCUT2D eigenvalue weighted by atomic mass is 9.96. The zero-order valence-electron chi connectivity index (χ0n) is 15.7. The molecule has 0 aliphatic rings. The predicted molar refractivity (Wildman–Crippen MR) is 105 cm³/mol. The second kappa shape index (κ2) is 10.4. The third-order valence-corrected chi connectivity index (χ3v) is 4.24. The molecule has 2 aromatic rings. The number of hydrogen-bond donors (Lipinski definition) is 2. The van der Waals surface area contributed by atoms with Crippen molar-refractivity contribution in [3.05, 3.63) is 66.0 Å². The summed E-state index contributed by atoms with van der Waals surface area (Å²) in [4.78, 5) is 25.8. The van der Waals surface area contributed by atoms with Crippen molar-refractivity contribution in [3.8, 4) is 0 Å². The zero-order valence-corrected chi connectivity index (χ0v) is 15.7. The highest BCUT2D eigenvalue weighted by Gasteiger charge is 2.14. The van der Waals surface area contributed by atoms with Gasteiger partial charge < -0.3 is 10.6 Å². The van der Waals surface area contributed by atoms with Crippen LogP contribution < -0.4 is 10.6 Å². The van der Waals surface area contributed by atoms with Gasteiger partial charge in [0.25, 0.3) is 0 Å². The van der Waals surface area contributed by atoms with Gasteiger partial charge in [0, 0.05) is 18.2 Å². The Bertz CT molecular complexity index is 752. The van der Waals surface area contributed by atoms with Crippen LogP contribution in [0.1, 0.15) is 24.8 Å². The number of hydrogen-bond acceptors (Lipinski definition) is 3. The minimum absolute atomic E-state index is 0.0415. The molecule has 27 heavy (non-hydrogen) atoms. The smallest absolute Gasteiger partial charge is 0.238 e. The molecule has 2 N–H and O–H groups in total. The van der Waals surface area contributed by atoms with E-state index in [0.29, 0.717) is 12.2 Å². The highest BCUT2D eigenvalue weighted by Crippen LogP contribution is 2.17. The quantitative estimate of drug-likeness (QED) is 0.712. The van der Waals surface area contributed by atoms with Gasteiger partial charge in [0.05, 0.1) is 13.1 Å². The topological polar surface area (TPSA) is 61.4 Å². The highest BCUT2D eigenvalue weighted by atomic mass is 19.1. The maximum absolute atomic E-state index is 13.1. The van der Waals surface area contributed by atoms with Gasteiger partial charge in [-0.2, -0.15) is 0 Å². The van der Waals surface area contributed by atoms with Crippen molar-refractivity contribution >= 4 is 17.5 Å². The molecule has 0 spiro atoms. The number of benzene rings is 2. The average molecular weight is 371 g/mol. The molecule has 0 bridgehead atoms. The fraction of sp³-hybridized carbons (Fsp3) is 0.333. The summed E-state index contributed by atoms with van der Waals surface area (Å²) in [5, 5.41) is 5.55. The van der Waals surface area contributed by atoms with E-state index >= 15 is 0 Å². The van der Waals surface area contributed by atoms with Crippen molar-refractivity contribution in [2.75, 3.05) is 32.0 Å². The first-order chi connectivity index (χ1) is 13.0. The number of halogens is 1. The van der Waals surface area contributed by atoms with Crippen molar-refractivity contribution in [1.82, 2.24) is 10.2 Å². The number of amides is 2. The van der Waals surface area contributed by atoms with Crippen LogP contribution in [0.5, 0.6) is 0 Å². The van der Waals surface area contributed by atoms with Crippen LogP contribution in [0, 0.1) is 5.82 Å². The number of carbonyl (C=O) groups is 2. The van der Waals surface area contributed by atoms with E-state index in [2.05, 4.69) is 29.7 Å². The summed E-state index contributed by atoms with van der Waals surface area (Å²) in [5.74, 6) is -0.585. The van der Waals surface area contributed by atoms with Crippen LogP contribution in [-0.2, 0) is 9.59 Å². The summed E-state index contributed by atoms with van der Waals surface area (Å²) in [6.07, 6.45) is 0.927. The van der Waals surface area contributed by atoms with Crippen LogP contribution in [0.2, 0.25) is 0 Å². The van der Waals surface area contributed by atoms with Crippen LogP contribution in [0.25, 0.3) is 0 Å². The van der Waals surface area contributed by atoms with E-state index in [-0.39, 0.29) is 30.8 Å². The molecule has 2 amide bonds. The monoisotopic (exact) mass is 371 g/mol.